The van der Waals surface area contributed by atoms with E-state index in [4.69, 9.17) is 5.73 Å². The number of halogens is 2. The monoisotopic (exact) mass is 432 g/mol. The zero-order valence-corrected chi connectivity index (χ0v) is 16.4. The SMILES string of the molecule is NC(=O)c1ccc(S(=O)(=O)Nc2ccc(OC(F)F)c(Cc3ccccc3)c2)cc1. The Kier molecular flexibility index (Phi) is 6.31. The van der Waals surface area contributed by atoms with Crippen LogP contribution < -0.4 is 15.2 Å². The van der Waals surface area contributed by atoms with Crippen LogP contribution in [0.1, 0.15) is 21.5 Å². The number of alkyl halides is 2. The molecule has 3 N–H and O–H groups in total. The highest BCUT2D eigenvalue weighted by atomic mass is 32.2. The molecule has 0 aliphatic carbocycles. The van der Waals surface area contributed by atoms with E-state index in [9.17, 15) is 22.0 Å². The van der Waals surface area contributed by atoms with Crippen molar-refractivity contribution in [2.75, 3.05) is 4.72 Å². The van der Waals surface area contributed by atoms with Crippen molar-refractivity contribution in [2.24, 2.45) is 5.73 Å². The Labute approximate surface area is 172 Å². The highest BCUT2D eigenvalue weighted by molar-refractivity contribution is 7.92. The zero-order chi connectivity index (χ0) is 21.7. The van der Waals surface area contributed by atoms with Crippen molar-refractivity contribution in [3.8, 4) is 5.75 Å². The largest absolute Gasteiger partial charge is 0.435 e. The van der Waals surface area contributed by atoms with Crippen LogP contribution in [0.3, 0.4) is 0 Å². The molecule has 1 amide bonds. The van der Waals surface area contributed by atoms with Gasteiger partial charge in [0.2, 0.25) is 5.91 Å². The topological polar surface area (TPSA) is 98.5 Å². The number of amides is 1. The number of benzene rings is 3. The second-order valence-corrected chi connectivity index (χ2v) is 8.04. The quantitative estimate of drug-likeness (QED) is 0.566. The van der Waals surface area contributed by atoms with Gasteiger partial charge in [-0.3, -0.25) is 9.52 Å². The Bertz CT molecular complexity index is 1140. The van der Waals surface area contributed by atoms with Crippen molar-refractivity contribution in [1.82, 2.24) is 0 Å². The Morgan fingerprint density at radius 3 is 2.27 bits per heavy atom. The molecular formula is C21H18F2N2O4S. The van der Waals surface area contributed by atoms with Crippen LogP contribution in [0.15, 0.2) is 77.7 Å². The van der Waals surface area contributed by atoms with Gasteiger partial charge < -0.3 is 10.5 Å². The van der Waals surface area contributed by atoms with Crippen molar-refractivity contribution in [2.45, 2.75) is 17.9 Å². The van der Waals surface area contributed by atoms with Crippen molar-refractivity contribution >= 4 is 21.6 Å². The van der Waals surface area contributed by atoms with E-state index in [1.165, 1.54) is 42.5 Å². The lowest BCUT2D eigenvalue weighted by Gasteiger charge is -2.14. The number of primary amides is 1. The zero-order valence-electron chi connectivity index (χ0n) is 15.6. The average Bonchev–Trinajstić information content (AvgIpc) is 2.70. The minimum absolute atomic E-state index is 0.0392. The van der Waals surface area contributed by atoms with E-state index in [2.05, 4.69) is 9.46 Å². The summed E-state index contributed by atoms with van der Waals surface area (Å²) in [5, 5.41) is 0. The summed E-state index contributed by atoms with van der Waals surface area (Å²) in [6.45, 7) is -3.01. The van der Waals surface area contributed by atoms with Crippen LogP contribution in [0.4, 0.5) is 14.5 Å². The number of rotatable bonds is 8. The molecule has 3 aromatic rings. The molecule has 3 rings (SSSR count). The van der Waals surface area contributed by atoms with Gasteiger partial charge in [-0.25, -0.2) is 8.42 Å². The Balaban J connectivity index is 1.89. The summed E-state index contributed by atoms with van der Waals surface area (Å²) < 4.78 is 57.8. The lowest BCUT2D eigenvalue weighted by Crippen LogP contribution is -2.15. The van der Waals surface area contributed by atoms with Gasteiger partial charge in [0.15, 0.2) is 0 Å². The van der Waals surface area contributed by atoms with Gasteiger partial charge in [-0.1, -0.05) is 30.3 Å². The van der Waals surface area contributed by atoms with Crippen LogP contribution in [-0.4, -0.2) is 20.9 Å². The molecule has 30 heavy (non-hydrogen) atoms. The van der Waals surface area contributed by atoms with Crippen LogP contribution in [0, 0.1) is 0 Å². The minimum Gasteiger partial charge on any atom is -0.435 e. The van der Waals surface area contributed by atoms with E-state index in [1.54, 1.807) is 0 Å². The number of carbonyl (C=O) groups is 1. The van der Waals surface area contributed by atoms with E-state index in [0.29, 0.717) is 5.56 Å². The van der Waals surface area contributed by atoms with Crippen LogP contribution >= 0.6 is 0 Å². The Hall–Kier alpha value is -3.46. The lowest BCUT2D eigenvalue weighted by atomic mass is 10.0. The third-order valence-electron chi connectivity index (χ3n) is 4.22. The van der Waals surface area contributed by atoms with Crippen LogP contribution in [0.2, 0.25) is 0 Å². The van der Waals surface area contributed by atoms with Gasteiger partial charge in [-0.2, -0.15) is 8.78 Å². The van der Waals surface area contributed by atoms with Crippen molar-refractivity contribution < 1.29 is 26.7 Å². The molecule has 0 saturated carbocycles. The number of hydrogen-bond acceptors (Lipinski definition) is 4. The van der Waals surface area contributed by atoms with Gasteiger partial charge in [0.05, 0.1) is 4.90 Å². The third kappa shape index (κ3) is 5.32. The molecule has 0 radical (unpaired) electrons. The first kappa shape index (κ1) is 21.3. The standard InChI is InChI=1S/C21H18F2N2O4S/c22-21(23)29-19-11-8-17(13-16(19)12-14-4-2-1-3-5-14)25-30(27,28)18-9-6-15(7-10-18)20(24)26/h1-11,13,21,25H,12H2,(H2,24,26). The maximum absolute atomic E-state index is 12.8. The van der Waals surface area contributed by atoms with Gasteiger partial charge in [-0.15, -0.1) is 0 Å². The summed E-state index contributed by atoms with van der Waals surface area (Å²) in [4.78, 5) is 11.1. The first-order valence-electron chi connectivity index (χ1n) is 8.79. The van der Waals surface area contributed by atoms with Crippen molar-refractivity contribution in [3.05, 3.63) is 89.5 Å². The summed E-state index contributed by atoms with van der Waals surface area (Å²) in [5.41, 5.74) is 6.75. The van der Waals surface area contributed by atoms with Crippen molar-refractivity contribution in [1.29, 1.82) is 0 Å². The molecule has 0 heterocycles. The average molecular weight is 432 g/mol. The first-order valence-corrected chi connectivity index (χ1v) is 10.3. The molecule has 0 fully saturated rings. The van der Waals surface area contributed by atoms with Gasteiger partial charge in [0.25, 0.3) is 10.0 Å². The number of anilines is 1. The second kappa shape index (κ2) is 8.91. The highest BCUT2D eigenvalue weighted by Crippen LogP contribution is 2.28. The van der Waals surface area contributed by atoms with E-state index in [1.807, 2.05) is 30.3 Å². The second-order valence-electron chi connectivity index (χ2n) is 6.36. The van der Waals surface area contributed by atoms with E-state index >= 15 is 0 Å². The van der Waals surface area contributed by atoms with E-state index in [0.717, 1.165) is 5.56 Å². The molecule has 0 aliphatic rings. The number of nitrogens with one attached hydrogen (secondary N) is 1. The number of nitrogens with two attached hydrogens (primary N) is 1. The number of carbonyl (C=O) groups excluding carboxylic acids is 1. The van der Waals surface area contributed by atoms with Gasteiger partial charge >= 0.3 is 6.61 Å². The molecule has 0 spiro atoms. The fraction of sp³-hybridized carbons (Fsp3) is 0.0952. The summed E-state index contributed by atoms with van der Waals surface area (Å²) in [5.74, 6) is -0.713. The molecule has 0 aliphatic heterocycles. The van der Waals surface area contributed by atoms with E-state index in [-0.39, 0.29) is 28.3 Å². The maximum atomic E-state index is 12.8. The number of ether oxygens (including phenoxy) is 1. The van der Waals surface area contributed by atoms with Crippen LogP contribution in [0.5, 0.6) is 5.75 Å². The molecule has 0 saturated heterocycles. The van der Waals surface area contributed by atoms with Gasteiger partial charge in [0.1, 0.15) is 5.75 Å². The molecule has 0 atom stereocenters. The molecule has 0 bridgehead atoms. The third-order valence-corrected chi connectivity index (χ3v) is 5.61. The highest BCUT2D eigenvalue weighted by Gasteiger charge is 2.17. The molecule has 9 heteroatoms. The minimum atomic E-state index is -3.97. The summed E-state index contributed by atoms with van der Waals surface area (Å²) in [6.07, 6.45) is 0.270. The number of sulfonamides is 1. The molecule has 6 nitrogen and oxygen atoms in total. The summed E-state index contributed by atoms with van der Waals surface area (Å²) >= 11 is 0. The molecular weight excluding hydrogens is 414 g/mol. The summed E-state index contributed by atoms with van der Waals surface area (Å²) in [7, 11) is -3.97. The van der Waals surface area contributed by atoms with Crippen LogP contribution in [-0.2, 0) is 16.4 Å². The smallest absolute Gasteiger partial charge is 0.387 e. The fourth-order valence-corrected chi connectivity index (χ4v) is 3.87. The normalized spacial score (nSPS) is 11.3. The van der Waals surface area contributed by atoms with Gasteiger partial charge in [0, 0.05) is 23.2 Å². The fourth-order valence-electron chi connectivity index (χ4n) is 2.82. The van der Waals surface area contributed by atoms with Crippen molar-refractivity contribution in [3.63, 3.8) is 0 Å². The molecule has 3 aromatic carbocycles. The molecule has 0 aromatic heterocycles. The lowest BCUT2D eigenvalue weighted by molar-refractivity contribution is -0.0503. The Morgan fingerprint density at radius 2 is 1.67 bits per heavy atom. The van der Waals surface area contributed by atoms with E-state index < -0.39 is 22.5 Å². The predicted octanol–water partition coefficient (Wildman–Crippen LogP) is 3.78. The maximum Gasteiger partial charge on any atom is 0.387 e. The van der Waals surface area contributed by atoms with Gasteiger partial charge in [-0.05, 0) is 48.0 Å². The first-order chi connectivity index (χ1) is 14.2. The van der Waals surface area contributed by atoms with Crippen LogP contribution in [0.25, 0.3) is 0 Å². The molecule has 0 unspecified atom stereocenters. The Morgan fingerprint density at radius 1 is 1.00 bits per heavy atom. The summed E-state index contributed by atoms with van der Waals surface area (Å²) in [6, 6.07) is 18.3. The molecule has 156 valence electrons. The number of hydrogen-bond donors (Lipinski definition) is 2. The predicted molar refractivity (Wildman–Crippen MR) is 108 cm³/mol.